The number of rotatable bonds is 9. The number of amides is 1. The van der Waals surface area contributed by atoms with Crippen molar-refractivity contribution in [3.63, 3.8) is 0 Å². The molecule has 28 heavy (non-hydrogen) atoms. The molecule has 3 rings (SSSR count). The van der Waals surface area contributed by atoms with Gasteiger partial charge in [0.05, 0.1) is 29.7 Å². The van der Waals surface area contributed by atoms with Gasteiger partial charge >= 0.3 is 0 Å². The molecule has 0 radical (unpaired) electrons. The lowest BCUT2D eigenvalue weighted by Gasteiger charge is -2.25. The van der Waals surface area contributed by atoms with Crippen LogP contribution in [0.5, 0.6) is 0 Å². The monoisotopic (exact) mass is 401 g/mol. The highest BCUT2D eigenvalue weighted by Gasteiger charge is 2.43. The van der Waals surface area contributed by atoms with E-state index in [-0.39, 0.29) is 18.4 Å². The number of benzene rings is 1. The molecular weight excluding hydrogens is 378 g/mol. The zero-order valence-electron chi connectivity index (χ0n) is 16.1. The normalized spacial score (nSPS) is 15.8. The minimum atomic E-state index is -0.795. The van der Waals surface area contributed by atoms with Crippen LogP contribution in [0.2, 0.25) is 5.02 Å². The largest absolute Gasteiger partial charge is 0.419 e. The number of nitriles is 1. The molecule has 1 saturated carbocycles. The molecule has 1 heterocycles. The quantitative estimate of drug-likeness (QED) is 0.691. The Bertz CT molecular complexity index is 873. The Morgan fingerprint density at radius 1 is 1.43 bits per heavy atom. The fourth-order valence-corrected chi connectivity index (χ4v) is 3.41. The Balaban J connectivity index is 1.64. The van der Waals surface area contributed by atoms with Crippen molar-refractivity contribution in [3.8, 4) is 17.5 Å². The molecule has 1 amide bonds. The summed E-state index contributed by atoms with van der Waals surface area (Å²) in [6.07, 6.45) is 2.84. The van der Waals surface area contributed by atoms with Gasteiger partial charge in [0.1, 0.15) is 5.54 Å². The van der Waals surface area contributed by atoms with Crippen LogP contribution >= 0.6 is 11.6 Å². The van der Waals surface area contributed by atoms with E-state index in [2.05, 4.69) is 21.6 Å². The van der Waals surface area contributed by atoms with E-state index in [1.54, 1.807) is 13.0 Å². The van der Waals surface area contributed by atoms with Gasteiger partial charge in [-0.1, -0.05) is 30.7 Å². The van der Waals surface area contributed by atoms with Gasteiger partial charge in [-0.3, -0.25) is 9.69 Å². The summed E-state index contributed by atoms with van der Waals surface area (Å²) in [6.45, 7) is 5.05. The minimum Gasteiger partial charge on any atom is -0.419 e. The number of nitrogens with one attached hydrogen (secondary N) is 1. The molecule has 2 aromatic rings. The number of hydrogen-bond acceptors (Lipinski definition) is 6. The third-order valence-corrected chi connectivity index (χ3v) is 5.19. The first-order chi connectivity index (χ1) is 13.4. The zero-order valence-corrected chi connectivity index (χ0v) is 16.9. The fraction of sp³-hybridized carbons (Fsp3) is 0.500. The van der Waals surface area contributed by atoms with Crippen LogP contribution in [0.4, 0.5) is 0 Å². The molecule has 1 aromatic carbocycles. The first kappa shape index (κ1) is 20.3. The molecule has 8 heteroatoms. The van der Waals surface area contributed by atoms with Crippen molar-refractivity contribution in [1.29, 1.82) is 5.26 Å². The Morgan fingerprint density at radius 3 is 2.82 bits per heavy atom. The van der Waals surface area contributed by atoms with E-state index in [0.29, 0.717) is 35.5 Å². The highest BCUT2D eigenvalue weighted by atomic mass is 35.5. The van der Waals surface area contributed by atoms with E-state index in [1.807, 2.05) is 30.0 Å². The van der Waals surface area contributed by atoms with Crippen molar-refractivity contribution in [2.24, 2.45) is 5.92 Å². The van der Waals surface area contributed by atoms with Crippen LogP contribution in [0.15, 0.2) is 28.7 Å². The van der Waals surface area contributed by atoms with E-state index in [0.717, 1.165) is 19.3 Å². The van der Waals surface area contributed by atoms with Crippen LogP contribution in [0.25, 0.3) is 11.5 Å². The molecular formula is C20H24ClN5O2. The van der Waals surface area contributed by atoms with Crippen molar-refractivity contribution in [2.45, 2.75) is 45.2 Å². The molecule has 0 aliphatic heterocycles. The van der Waals surface area contributed by atoms with Crippen molar-refractivity contribution in [2.75, 3.05) is 13.1 Å². The van der Waals surface area contributed by atoms with E-state index in [1.165, 1.54) is 0 Å². The second-order valence-electron chi connectivity index (χ2n) is 7.33. The lowest BCUT2D eigenvalue weighted by atomic mass is 9.98. The van der Waals surface area contributed by atoms with Gasteiger partial charge < -0.3 is 9.73 Å². The van der Waals surface area contributed by atoms with Crippen LogP contribution in [0.1, 0.15) is 39.0 Å². The molecule has 1 atom stereocenters. The maximum atomic E-state index is 12.5. The number of carbonyl (C=O) groups is 1. The second-order valence-corrected chi connectivity index (χ2v) is 7.74. The fourth-order valence-electron chi connectivity index (χ4n) is 3.20. The molecule has 0 bridgehead atoms. The third-order valence-electron chi connectivity index (χ3n) is 4.86. The molecule has 1 unspecified atom stereocenters. The van der Waals surface area contributed by atoms with Crippen molar-refractivity contribution in [3.05, 3.63) is 35.2 Å². The van der Waals surface area contributed by atoms with Gasteiger partial charge in [-0.25, -0.2) is 0 Å². The molecule has 1 aliphatic rings. The molecule has 7 nitrogen and oxygen atoms in total. The first-order valence-corrected chi connectivity index (χ1v) is 9.85. The van der Waals surface area contributed by atoms with E-state index < -0.39 is 5.54 Å². The molecule has 0 saturated heterocycles. The average Bonchev–Trinajstić information content (AvgIpc) is 3.43. The summed E-state index contributed by atoms with van der Waals surface area (Å²) < 4.78 is 5.75. The molecule has 1 aliphatic carbocycles. The molecule has 1 fully saturated rings. The van der Waals surface area contributed by atoms with Crippen molar-refractivity contribution >= 4 is 17.5 Å². The highest BCUT2D eigenvalue weighted by Crippen LogP contribution is 2.39. The summed E-state index contributed by atoms with van der Waals surface area (Å²) in [6, 6.07) is 9.52. The van der Waals surface area contributed by atoms with Gasteiger partial charge in [0, 0.05) is 0 Å². The second kappa shape index (κ2) is 8.72. The van der Waals surface area contributed by atoms with Crippen molar-refractivity contribution < 1.29 is 9.21 Å². The topological polar surface area (TPSA) is 95.1 Å². The van der Waals surface area contributed by atoms with E-state index in [9.17, 15) is 10.1 Å². The lowest BCUT2D eigenvalue weighted by molar-refractivity contribution is -0.123. The summed E-state index contributed by atoms with van der Waals surface area (Å²) in [4.78, 5) is 14.4. The molecule has 148 valence electrons. The molecule has 1 aromatic heterocycles. The summed E-state index contributed by atoms with van der Waals surface area (Å²) >= 11 is 6.18. The first-order valence-electron chi connectivity index (χ1n) is 9.47. The van der Waals surface area contributed by atoms with Gasteiger partial charge in [0.2, 0.25) is 17.7 Å². The number of aromatic nitrogens is 2. The summed E-state index contributed by atoms with van der Waals surface area (Å²) in [5.74, 6) is 0.846. The van der Waals surface area contributed by atoms with Crippen LogP contribution in [0.3, 0.4) is 0 Å². The number of carbonyl (C=O) groups excluding carboxylic acids is 1. The molecule has 0 spiro atoms. The van der Waals surface area contributed by atoms with Crippen molar-refractivity contribution in [1.82, 2.24) is 20.4 Å². The number of hydrogen-bond donors (Lipinski definition) is 1. The Kier molecular flexibility index (Phi) is 6.32. The smallest absolute Gasteiger partial charge is 0.249 e. The summed E-state index contributed by atoms with van der Waals surface area (Å²) in [5, 5.41) is 21.0. The predicted octanol–water partition coefficient (Wildman–Crippen LogP) is 3.41. The zero-order chi connectivity index (χ0) is 20.1. The SMILES string of the molecule is CCCN(CC(=O)NC(C)(C#N)C1CC1)Cc1nnc(-c2ccccc2Cl)o1. The van der Waals surface area contributed by atoms with Gasteiger partial charge in [0.25, 0.3) is 0 Å². The summed E-state index contributed by atoms with van der Waals surface area (Å²) in [5.41, 5.74) is -0.117. The third kappa shape index (κ3) is 4.89. The van der Waals surface area contributed by atoms with Crippen LogP contribution in [-0.2, 0) is 11.3 Å². The Labute approximate surface area is 169 Å². The van der Waals surface area contributed by atoms with Crippen LogP contribution in [-0.4, -0.2) is 39.6 Å². The minimum absolute atomic E-state index is 0.168. The van der Waals surface area contributed by atoms with Gasteiger partial charge in [-0.15, -0.1) is 10.2 Å². The average molecular weight is 402 g/mol. The summed E-state index contributed by atoms with van der Waals surface area (Å²) in [7, 11) is 0. The maximum Gasteiger partial charge on any atom is 0.249 e. The van der Waals surface area contributed by atoms with E-state index >= 15 is 0 Å². The van der Waals surface area contributed by atoms with Crippen LogP contribution in [0, 0.1) is 17.2 Å². The van der Waals surface area contributed by atoms with E-state index in [4.69, 9.17) is 16.0 Å². The Morgan fingerprint density at radius 2 is 2.18 bits per heavy atom. The molecule has 1 N–H and O–H groups in total. The van der Waals surface area contributed by atoms with Gasteiger partial charge in [-0.2, -0.15) is 5.26 Å². The highest BCUT2D eigenvalue weighted by molar-refractivity contribution is 6.33. The number of halogens is 1. The van der Waals surface area contributed by atoms with Gasteiger partial charge in [0.15, 0.2) is 0 Å². The Hall–Kier alpha value is -2.43. The van der Waals surface area contributed by atoms with Crippen LogP contribution < -0.4 is 5.32 Å². The standard InChI is InChI=1S/C20H24ClN5O2/c1-3-10-26(11-17(27)23-20(2,13-22)14-8-9-14)12-18-24-25-19(28-18)15-6-4-5-7-16(15)21/h4-7,14H,3,8-12H2,1-2H3,(H,23,27). The lowest BCUT2D eigenvalue weighted by Crippen LogP contribution is -2.50. The number of nitrogens with zero attached hydrogens (tertiary/aromatic N) is 4. The maximum absolute atomic E-state index is 12.5. The predicted molar refractivity (Wildman–Crippen MR) is 105 cm³/mol. The van der Waals surface area contributed by atoms with Gasteiger partial charge in [-0.05, 0) is 50.8 Å².